The summed E-state index contributed by atoms with van der Waals surface area (Å²) in [5.74, 6) is -1.23. The van der Waals surface area contributed by atoms with E-state index >= 15 is 0 Å². The number of rotatable bonds is 10. The molecule has 154 valence electrons. The first kappa shape index (κ1) is 23.5. The van der Waals surface area contributed by atoms with Gasteiger partial charge in [-0.2, -0.15) is 11.8 Å². The minimum absolute atomic E-state index is 0.357. The van der Waals surface area contributed by atoms with E-state index in [2.05, 4.69) is 16.0 Å². The van der Waals surface area contributed by atoms with Gasteiger partial charge in [0.05, 0.1) is 0 Å². The Balaban J connectivity index is 2.60. The van der Waals surface area contributed by atoms with Crippen molar-refractivity contribution in [3.05, 3.63) is 35.4 Å². The van der Waals surface area contributed by atoms with Crippen LogP contribution in [0.5, 0.6) is 0 Å². The number of amides is 4. The molecule has 0 bridgehead atoms. The molecule has 0 aromatic heterocycles. The number of esters is 1. The van der Waals surface area contributed by atoms with Gasteiger partial charge in [-0.05, 0) is 43.9 Å². The van der Waals surface area contributed by atoms with Crippen LogP contribution in [0.15, 0.2) is 24.3 Å². The molecule has 9 heteroatoms. The summed E-state index contributed by atoms with van der Waals surface area (Å²) in [6.07, 6.45) is 2.97. The molecule has 1 rings (SSSR count). The third-order valence-corrected chi connectivity index (χ3v) is 4.26. The van der Waals surface area contributed by atoms with Crippen molar-refractivity contribution >= 4 is 35.6 Å². The summed E-state index contributed by atoms with van der Waals surface area (Å²) in [5, 5.41) is 7.20. The van der Waals surface area contributed by atoms with Crippen molar-refractivity contribution in [2.24, 2.45) is 0 Å². The molecule has 0 fully saturated rings. The summed E-state index contributed by atoms with van der Waals surface area (Å²) < 4.78 is 4.97. The van der Waals surface area contributed by atoms with Crippen LogP contribution < -0.4 is 16.0 Å². The molecule has 8 nitrogen and oxygen atoms in total. The predicted molar refractivity (Wildman–Crippen MR) is 108 cm³/mol. The molecule has 0 spiro atoms. The molecule has 0 aliphatic carbocycles. The maximum absolute atomic E-state index is 12.4. The normalized spacial score (nSPS) is 11.2. The topological polar surface area (TPSA) is 114 Å². The van der Waals surface area contributed by atoms with Gasteiger partial charge < -0.3 is 15.4 Å². The average molecular weight is 410 g/mol. The van der Waals surface area contributed by atoms with Crippen molar-refractivity contribution in [1.82, 2.24) is 16.0 Å². The summed E-state index contributed by atoms with van der Waals surface area (Å²) in [6.45, 7) is 3.57. The van der Waals surface area contributed by atoms with Gasteiger partial charge in [0, 0.05) is 12.1 Å². The van der Waals surface area contributed by atoms with Gasteiger partial charge in [0.2, 0.25) is 0 Å². The fourth-order valence-electron chi connectivity index (χ4n) is 2.20. The van der Waals surface area contributed by atoms with Crippen LogP contribution >= 0.6 is 11.8 Å². The Morgan fingerprint density at radius 3 is 2.61 bits per heavy atom. The number of aryl methyl sites for hydroxylation is 1. The Kier molecular flexibility index (Phi) is 10.7. The van der Waals surface area contributed by atoms with E-state index in [9.17, 15) is 19.2 Å². The molecule has 3 N–H and O–H groups in total. The zero-order chi connectivity index (χ0) is 20.9. The molecule has 0 unspecified atom stereocenters. The zero-order valence-electron chi connectivity index (χ0n) is 16.4. The Morgan fingerprint density at radius 2 is 1.96 bits per heavy atom. The van der Waals surface area contributed by atoms with Crippen molar-refractivity contribution in [2.75, 3.05) is 25.2 Å². The number of carbonyl (C=O) groups is 4. The lowest BCUT2D eigenvalue weighted by Gasteiger charge is -2.17. The van der Waals surface area contributed by atoms with E-state index in [1.54, 1.807) is 18.2 Å². The monoisotopic (exact) mass is 409 g/mol. The van der Waals surface area contributed by atoms with Crippen LogP contribution in [0.25, 0.3) is 0 Å². The van der Waals surface area contributed by atoms with E-state index in [0.717, 1.165) is 12.0 Å². The maximum atomic E-state index is 12.4. The summed E-state index contributed by atoms with van der Waals surface area (Å²) in [4.78, 5) is 47.8. The highest BCUT2D eigenvalue weighted by molar-refractivity contribution is 7.98. The molecule has 0 saturated heterocycles. The van der Waals surface area contributed by atoms with Crippen molar-refractivity contribution in [3.63, 3.8) is 0 Å². The molecule has 0 radical (unpaired) electrons. The van der Waals surface area contributed by atoms with Gasteiger partial charge >= 0.3 is 12.0 Å². The fraction of sp³-hybridized carbons (Fsp3) is 0.474. The first-order valence-electron chi connectivity index (χ1n) is 8.98. The molecule has 28 heavy (non-hydrogen) atoms. The van der Waals surface area contributed by atoms with Gasteiger partial charge in [-0.15, -0.1) is 0 Å². The molecule has 1 atom stereocenters. The molecule has 0 aliphatic heterocycles. The number of hydrogen-bond acceptors (Lipinski definition) is 6. The Labute approximate surface area is 169 Å². The lowest BCUT2D eigenvalue weighted by atomic mass is 10.1. The molecular weight excluding hydrogens is 382 g/mol. The quantitative estimate of drug-likeness (QED) is 0.506. The third kappa shape index (κ3) is 8.90. The highest BCUT2D eigenvalue weighted by Gasteiger charge is 2.23. The molecule has 4 amide bonds. The van der Waals surface area contributed by atoms with Gasteiger partial charge in [-0.1, -0.05) is 24.6 Å². The van der Waals surface area contributed by atoms with E-state index in [1.807, 2.05) is 26.2 Å². The van der Waals surface area contributed by atoms with Crippen LogP contribution in [0.2, 0.25) is 0 Å². The SMILES string of the molecule is CCCNC(=O)NC(=O)COC(=O)[C@@H](CCSC)NC(=O)c1cccc(C)c1. The smallest absolute Gasteiger partial charge is 0.329 e. The van der Waals surface area contributed by atoms with Gasteiger partial charge in [0.15, 0.2) is 6.61 Å². The van der Waals surface area contributed by atoms with E-state index in [1.165, 1.54) is 11.8 Å². The van der Waals surface area contributed by atoms with Gasteiger partial charge in [-0.3, -0.25) is 14.9 Å². The van der Waals surface area contributed by atoms with Crippen LogP contribution in [-0.2, 0) is 14.3 Å². The van der Waals surface area contributed by atoms with Crippen LogP contribution in [0.3, 0.4) is 0 Å². The molecule has 0 aliphatic rings. The second-order valence-electron chi connectivity index (χ2n) is 6.09. The number of ether oxygens (including phenoxy) is 1. The minimum Gasteiger partial charge on any atom is -0.454 e. The largest absolute Gasteiger partial charge is 0.454 e. The lowest BCUT2D eigenvalue weighted by molar-refractivity contribution is -0.150. The fourth-order valence-corrected chi connectivity index (χ4v) is 2.67. The summed E-state index contributed by atoms with van der Waals surface area (Å²) in [7, 11) is 0. The van der Waals surface area contributed by atoms with Crippen molar-refractivity contribution in [3.8, 4) is 0 Å². The van der Waals surface area contributed by atoms with E-state index in [-0.39, 0.29) is 0 Å². The van der Waals surface area contributed by atoms with Crippen LogP contribution in [0.1, 0.15) is 35.7 Å². The lowest BCUT2D eigenvalue weighted by Crippen LogP contribution is -2.45. The first-order valence-corrected chi connectivity index (χ1v) is 10.4. The van der Waals surface area contributed by atoms with E-state index in [0.29, 0.717) is 24.3 Å². The highest BCUT2D eigenvalue weighted by Crippen LogP contribution is 2.07. The minimum atomic E-state index is -0.887. The number of carbonyl (C=O) groups excluding carboxylic acids is 4. The number of hydrogen-bond donors (Lipinski definition) is 3. The molecular formula is C19H27N3O5S. The van der Waals surface area contributed by atoms with Crippen molar-refractivity contribution in [2.45, 2.75) is 32.7 Å². The zero-order valence-corrected chi connectivity index (χ0v) is 17.2. The number of benzene rings is 1. The maximum Gasteiger partial charge on any atom is 0.329 e. The summed E-state index contributed by atoms with van der Waals surface area (Å²) >= 11 is 1.52. The highest BCUT2D eigenvalue weighted by atomic mass is 32.2. The number of imide groups is 1. The number of thioether (sulfide) groups is 1. The van der Waals surface area contributed by atoms with Crippen LogP contribution in [0.4, 0.5) is 4.79 Å². The Bertz CT molecular complexity index is 696. The molecule has 1 aromatic carbocycles. The predicted octanol–water partition coefficient (Wildman–Crippen LogP) is 1.63. The standard InChI is InChI=1S/C19H27N3O5S/c1-4-9-20-19(26)22-16(23)12-27-18(25)15(8-10-28-3)21-17(24)14-7-5-6-13(2)11-14/h5-7,11,15H,4,8-10,12H2,1-3H3,(H,21,24)(H2,20,22,23,26)/t15-/m1/s1. The Morgan fingerprint density at radius 1 is 1.21 bits per heavy atom. The first-order chi connectivity index (χ1) is 13.4. The van der Waals surface area contributed by atoms with Gasteiger partial charge in [-0.25, -0.2) is 9.59 Å². The molecule has 0 saturated carbocycles. The van der Waals surface area contributed by atoms with E-state index < -0.39 is 36.5 Å². The second-order valence-corrected chi connectivity index (χ2v) is 7.07. The summed E-state index contributed by atoms with van der Waals surface area (Å²) in [5.41, 5.74) is 1.36. The average Bonchev–Trinajstić information content (AvgIpc) is 2.67. The second kappa shape index (κ2) is 12.8. The Hall–Kier alpha value is -2.55. The van der Waals surface area contributed by atoms with Gasteiger partial charge in [0.25, 0.3) is 11.8 Å². The number of urea groups is 1. The van der Waals surface area contributed by atoms with Crippen molar-refractivity contribution in [1.29, 1.82) is 0 Å². The van der Waals surface area contributed by atoms with Crippen LogP contribution in [-0.4, -0.2) is 55.0 Å². The van der Waals surface area contributed by atoms with E-state index in [4.69, 9.17) is 4.74 Å². The summed E-state index contributed by atoms with van der Waals surface area (Å²) in [6, 6.07) is 5.46. The molecule has 1 aromatic rings. The molecule has 0 heterocycles. The van der Waals surface area contributed by atoms with Crippen LogP contribution in [0, 0.1) is 6.92 Å². The number of nitrogens with one attached hydrogen (secondary N) is 3. The van der Waals surface area contributed by atoms with Gasteiger partial charge in [0.1, 0.15) is 6.04 Å². The third-order valence-electron chi connectivity index (χ3n) is 3.61. The van der Waals surface area contributed by atoms with Crippen molar-refractivity contribution < 1.29 is 23.9 Å².